The molecular weight excluding hydrogens is 256 g/mol. The lowest BCUT2D eigenvalue weighted by Crippen LogP contribution is -2.18. The van der Waals surface area contributed by atoms with Gasteiger partial charge in [0.2, 0.25) is 5.56 Å². The molecular formula is C12H9F2N3O2. The van der Waals surface area contributed by atoms with Crippen molar-refractivity contribution in [1.29, 1.82) is 0 Å². The number of nitrogens with two attached hydrogens (primary N) is 1. The minimum Gasteiger partial charge on any atom is -0.396 e. The molecule has 0 radical (unpaired) electrons. The molecule has 4 N–H and O–H groups in total. The van der Waals surface area contributed by atoms with Crippen LogP contribution in [0.4, 0.5) is 20.2 Å². The number of aromatic nitrogens is 1. The number of carbonyl (C=O) groups excluding carboxylic acids is 1. The first-order valence-electron chi connectivity index (χ1n) is 5.22. The number of carbonyl (C=O) groups is 1. The molecule has 0 fully saturated rings. The zero-order chi connectivity index (χ0) is 14.0. The summed E-state index contributed by atoms with van der Waals surface area (Å²) in [7, 11) is 0. The summed E-state index contributed by atoms with van der Waals surface area (Å²) in [6.45, 7) is 0. The third-order valence-corrected chi connectivity index (χ3v) is 2.35. The van der Waals surface area contributed by atoms with Crippen molar-refractivity contribution in [3.05, 3.63) is 58.0 Å². The molecule has 0 aliphatic rings. The summed E-state index contributed by atoms with van der Waals surface area (Å²) in [6.07, 6.45) is 0. The third kappa shape index (κ3) is 2.76. The molecule has 0 unspecified atom stereocenters. The highest BCUT2D eigenvalue weighted by molar-refractivity contribution is 6.03. The first-order chi connectivity index (χ1) is 8.97. The minimum atomic E-state index is -0.960. The van der Waals surface area contributed by atoms with Gasteiger partial charge in [-0.3, -0.25) is 9.59 Å². The summed E-state index contributed by atoms with van der Waals surface area (Å²) in [5, 5.41) is 2.19. The molecule has 1 heterocycles. The van der Waals surface area contributed by atoms with Crippen LogP contribution in [-0.2, 0) is 0 Å². The number of hydrogen-bond acceptors (Lipinski definition) is 3. The van der Waals surface area contributed by atoms with E-state index in [1.54, 1.807) is 0 Å². The Kier molecular flexibility index (Phi) is 3.28. The highest BCUT2D eigenvalue weighted by atomic mass is 19.1. The molecule has 0 aliphatic heterocycles. The number of rotatable bonds is 2. The van der Waals surface area contributed by atoms with Crippen LogP contribution in [-0.4, -0.2) is 10.9 Å². The summed E-state index contributed by atoms with van der Waals surface area (Å²) >= 11 is 0. The predicted molar refractivity (Wildman–Crippen MR) is 65.8 cm³/mol. The van der Waals surface area contributed by atoms with Gasteiger partial charge < -0.3 is 16.0 Å². The zero-order valence-corrected chi connectivity index (χ0v) is 9.54. The van der Waals surface area contributed by atoms with Gasteiger partial charge in [-0.05, 0) is 12.1 Å². The zero-order valence-electron chi connectivity index (χ0n) is 9.54. The fourth-order valence-corrected chi connectivity index (χ4v) is 1.43. The normalized spacial score (nSPS) is 10.2. The van der Waals surface area contributed by atoms with Crippen LogP contribution in [0.25, 0.3) is 0 Å². The quantitative estimate of drug-likeness (QED) is 0.719. The summed E-state index contributed by atoms with van der Waals surface area (Å²) in [5.74, 6) is -2.61. The Balaban J connectivity index is 2.29. The van der Waals surface area contributed by atoms with E-state index in [9.17, 15) is 18.4 Å². The van der Waals surface area contributed by atoms with Crippen molar-refractivity contribution in [1.82, 2.24) is 4.98 Å². The number of benzene rings is 1. The number of anilines is 2. The molecule has 0 atom stereocenters. The van der Waals surface area contributed by atoms with E-state index in [0.717, 1.165) is 6.07 Å². The van der Waals surface area contributed by atoms with E-state index in [2.05, 4.69) is 10.3 Å². The molecule has 7 heteroatoms. The van der Waals surface area contributed by atoms with E-state index in [-0.39, 0.29) is 17.1 Å². The van der Waals surface area contributed by atoms with E-state index in [0.29, 0.717) is 6.07 Å². The summed E-state index contributed by atoms with van der Waals surface area (Å²) in [4.78, 5) is 25.0. The van der Waals surface area contributed by atoms with Crippen molar-refractivity contribution in [3.63, 3.8) is 0 Å². The second-order valence-electron chi connectivity index (χ2n) is 3.74. The number of pyridine rings is 1. The van der Waals surface area contributed by atoms with E-state index < -0.39 is 23.1 Å². The van der Waals surface area contributed by atoms with Crippen LogP contribution >= 0.6 is 0 Å². The second kappa shape index (κ2) is 4.89. The number of aromatic amines is 1. The molecule has 0 bridgehead atoms. The molecule has 0 aliphatic carbocycles. The van der Waals surface area contributed by atoms with E-state index >= 15 is 0 Å². The third-order valence-electron chi connectivity index (χ3n) is 2.35. The van der Waals surface area contributed by atoms with Gasteiger partial charge in [-0.1, -0.05) is 6.07 Å². The van der Waals surface area contributed by atoms with Gasteiger partial charge >= 0.3 is 0 Å². The first-order valence-corrected chi connectivity index (χ1v) is 5.22. The lowest BCUT2D eigenvalue weighted by atomic mass is 10.2. The molecule has 98 valence electrons. The maximum Gasteiger partial charge on any atom is 0.272 e. The van der Waals surface area contributed by atoms with Gasteiger partial charge in [-0.15, -0.1) is 0 Å². The summed E-state index contributed by atoms with van der Waals surface area (Å²) in [6, 6.07) is 5.49. The van der Waals surface area contributed by atoms with Crippen molar-refractivity contribution in [2.24, 2.45) is 0 Å². The van der Waals surface area contributed by atoms with Gasteiger partial charge in [0.05, 0.1) is 11.4 Å². The molecule has 19 heavy (non-hydrogen) atoms. The maximum atomic E-state index is 13.4. The largest absolute Gasteiger partial charge is 0.396 e. The van der Waals surface area contributed by atoms with Crippen molar-refractivity contribution in [3.8, 4) is 0 Å². The number of nitrogen functional groups attached to an aromatic ring is 1. The smallest absolute Gasteiger partial charge is 0.272 e. The van der Waals surface area contributed by atoms with Crippen molar-refractivity contribution in [2.75, 3.05) is 11.1 Å². The Labute approximate surface area is 106 Å². The highest BCUT2D eigenvalue weighted by Gasteiger charge is 2.12. The van der Waals surface area contributed by atoms with E-state index in [4.69, 9.17) is 5.73 Å². The number of hydrogen-bond donors (Lipinski definition) is 3. The standard InChI is InChI=1S/C12H9F2N3O2/c13-6-4-7(14)10(5-8(6)15)17-12(19)9-2-1-3-11(18)16-9/h1-5H,15H2,(H,16,18)(H,17,19). The van der Waals surface area contributed by atoms with Gasteiger partial charge in [0.25, 0.3) is 5.91 Å². The van der Waals surface area contributed by atoms with Crippen LogP contribution in [0, 0.1) is 11.6 Å². The fraction of sp³-hybridized carbons (Fsp3) is 0. The van der Waals surface area contributed by atoms with Crippen molar-refractivity contribution < 1.29 is 13.6 Å². The monoisotopic (exact) mass is 265 g/mol. The van der Waals surface area contributed by atoms with E-state index in [1.165, 1.54) is 18.2 Å². The Morgan fingerprint density at radius 1 is 1.21 bits per heavy atom. The Bertz CT molecular complexity index is 698. The number of halogens is 2. The van der Waals surface area contributed by atoms with Crippen molar-refractivity contribution in [2.45, 2.75) is 0 Å². The minimum absolute atomic E-state index is 0.0465. The number of H-pyrrole nitrogens is 1. The number of nitrogens with one attached hydrogen (secondary N) is 2. The summed E-state index contributed by atoms with van der Waals surface area (Å²) < 4.78 is 26.4. The van der Waals surface area contributed by atoms with Crippen LogP contribution in [0.5, 0.6) is 0 Å². The summed E-state index contributed by atoms with van der Waals surface area (Å²) in [5.41, 5.74) is 4.20. The molecule has 5 nitrogen and oxygen atoms in total. The fourth-order valence-electron chi connectivity index (χ4n) is 1.43. The first kappa shape index (κ1) is 12.7. The van der Waals surface area contributed by atoms with Crippen LogP contribution in [0.2, 0.25) is 0 Å². The Morgan fingerprint density at radius 3 is 2.63 bits per heavy atom. The van der Waals surface area contributed by atoms with Crippen molar-refractivity contribution >= 4 is 17.3 Å². The Morgan fingerprint density at radius 2 is 1.95 bits per heavy atom. The molecule has 1 aromatic heterocycles. The van der Waals surface area contributed by atoms with Crippen LogP contribution in [0.15, 0.2) is 35.1 Å². The van der Waals surface area contributed by atoms with Gasteiger partial charge in [-0.25, -0.2) is 8.78 Å². The molecule has 1 aromatic carbocycles. The lowest BCUT2D eigenvalue weighted by Gasteiger charge is -2.07. The molecule has 0 saturated heterocycles. The number of amides is 1. The molecule has 2 aromatic rings. The van der Waals surface area contributed by atoms with Gasteiger partial charge in [0.15, 0.2) is 0 Å². The Hall–Kier alpha value is -2.70. The van der Waals surface area contributed by atoms with E-state index in [1.807, 2.05) is 0 Å². The molecule has 2 rings (SSSR count). The van der Waals surface area contributed by atoms with Gasteiger partial charge in [0, 0.05) is 12.1 Å². The average Bonchev–Trinajstić information content (AvgIpc) is 2.36. The second-order valence-corrected chi connectivity index (χ2v) is 3.74. The molecule has 0 spiro atoms. The average molecular weight is 265 g/mol. The highest BCUT2D eigenvalue weighted by Crippen LogP contribution is 2.21. The molecule has 1 amide bonds. The predicted octanol–water partition coefficient (Wildman–Crippen LogP) is 1.49. The lowest BCUT2D eigenvalue weighted by molar-refractivity contribution is 0.102. The van der Waals surface area contributed by atoms with Gasteiger partial charge in [-0.2, -0.15) is 0 Å². The topological polar surface area (TPSA) is 88.0 Å². The van der Waals surface area contributed by atoms with Crippen LogP contribution < -0.4 is 16.6 Å². The van der Waals surface area contributed by atoms with Gasteiger partial charge in [0.1, 0.15) is 17.3 Å². The van der Waals surface area contributed by atoms with Crippen LogP contribution in [0.1, 0.15) is 10.5 Å². The SMILES string of the molecule is Nc1cc(NC(=O)c2cccc(=O)[nH]2)c(F)cc1F. The molecule has 0 saturated carbocycles. The van der Waals surface area contributed by atoms with Crippen LogP contribution in [0.3, 0.4) is 0 Å². The maximum absolute atomic E-state index is 13.4.